The van der Waals surface area contributed by atoms with Crippen molar-refractivity contribution < 1.29 is 44.8 Å². The Morgan fingerprint density at radius 2 is 1.45 bits per heavy atom. The molecule has 2 aliphatic heterocycles. The van der Waals surface area contributed by atoms with Crippen LogP contribution in [0.2, 0.25) is 0 Å². The fraction of sp³-hybridized carbons (Fsp3) is 1.00. The predicted molar refractivity (Wildman–Crippen MR) is 161 cm³/mol. The number of hydrogen-bond acceptors (Lipinski definition) is 9. The minimum Gasteiger partial charge on any atom is -0.393 e. The Bertz CT molecular complexity index is 1160. The van der Waals surface area contributed by atoms with Gasteiger partial charge in [-0.25, -0.2) is 0 Å². The fourth-order valence-corrected chi connectivity index (χ4v) is 13.4. The van der Waals surface area contributed by atoms with Crippen molar-refractivity contribution >= 4 is 0 Å². The summed E-state index contributed by atoms with van der Waals surface area (Å²) in [7, 11) is 0. The first-order valence-electron chi connectivity index (χ1n) is 17.4. The summed E-state index contributed by atoms with van der Waals surface area (Å²) in [6.07, 6.45) is 1.57. The molecule has 6 N–H and O–H groups in total. The van der Waals surface area contributed by atoms with Crippen LogP contribution < -0.4 is 0 Å². The van der Waals surface area contributed by atoms with Gasteiger partial charge < -0.3 is 44.8 Å². The highest BCUT2D eigenvalue weighted by Gasteiger charge is 2.85. The molecule has 5 aliphatic carbocycles. The lowest BCUT2D eigenvalue weighted by Crippen LogP contribution is -2.64. The third-order valence-electron chi connectivity index (χ3n) is 15.6. The number of fused-ring (bicyclic) bond motifs is 2. The molecule has 9 heteroatoms. The van der Waals surface area contributed by atoms with Crippen LogP contribution in [-0.2, 0) is 14.2 Å². The third-order valence-corrected chi connectivity index (χ3v) is 15.6. The molecule has 4 unspecified atom stereocenters. The number of aliphatic hydroxyl groups is 6. The Balaban J connectivity index is 1.15. The lowest BCUT2D eigenvalue weighted by atomic mass is 9.41. The van der Waals surface area contributed by atoms with Gasteiger partial charge in [0.15, 0.2) is 6.29 Å². The lowest BCUT2D eigenvalue weighted by Gasteiger charge is -2.65. The van der Waals surface area contributed by atoms with Crippen molar-refractivity contribution in [1.29, 1.82) is 0 Å². The standard InChI is InChI=1S/C35H58O9/c1-29(2)20-8-9-21-31(5)14-18(36)27(32(6)12-10-24(44-32)30(3,4)41)33(31,7)22(38)15-35(21)17-34(20,35)13-11-23(29)43-28-26(40)25(39)19(37)16-42-28/h18-28,36-41H,8-17H2,1-7H3/t18?,19-,20+,21+,22?,23?,24?,25+,26-,27-,28+,31+,32+,33-,34-,35+/m1/s1. The Hall–Kier alpha value is -0.360. The maximum absolute atomic E-state index is 12.4. The molecule has 2 spiro atoms. The van der Waals surface area contributed by atoms with E-state index in [2.05, 4.69) is 34.6 Å². The Kier molecular flexibility index (Phi) is 7.04. The maximum atomic E-state index is 12.4. The average Bonchev–Trinajstić information content (AvgIpc) is 3.28. The van der Waals surface area contributed by atoms with Crippen molar-refractivity contribution in [3.05, 3.63) is 0 Å². The molecule has 5 saturated carbocycles. The molecule has 7 rings (SSSR count). The largest absolute Gasteiger partial charge is 0.393 e. The minimum atomic E-state index is -1.30. The van der Waals surface area contributed by atoms with E-state index in [-0.39, 0.29) is 46.4 Å². The van der Waals surface area contributed by atoms with E-state index in [0.717, 1.165) is 51.4 Å². The first-order chi connectivity index (χ1) is 20.3. The molecular weight excluding hydrogens is 564 g/mol. The highest BCUT2D eigenvalue weighted by Crippen LogP contribution is 2.89. The monoisotopic (exact) mass is 622 g/mol. The van der Waals surface area contributed by atoms with Crippen molar-refractivity contribution in [3.63, 3.8) is 0 Å². The van der Waals surface area contributed by atoms with E-state index in [1.165, 1.54) is 0 Å². The zero-order chi connectivity index (χ0) is 32.0. The molecule has 0 radical (unpaired) electrons. The van der Waals surface area contributed by atoms with Crippen molar-refractivity contribution in [2.75, 3.05) is 6.61 Å². The van der Waals surface area contributed by atoms with Crippen molar-refractivity contribution in [3.8, 4) is 0 Å². The molecule has 2 heterocycles. The summed E-state index contributed by atoms with van der Waals surface area (Å²) in [4.78, 5) is 0. The quantitative estimate of drug-likeness (QED) is 0.260. The van der Waals surface area contributed by atoms with Crippen molar-refractivity contribution in [1.82, 2.24) is 0 Å². The summed E-state index contributed by atoms with van der Waals surface area (Å²) in [5, 5.41) is 65.7. The third kappa shape index (κ3) is 3.91. The Morgan fingerprint density at radius 1 is 0.773 bits per heavy atom. The van der Waals surface area contributed by atoms with Gasteiger partial charge in [-0.1, -0.05) is 27.7 Å². The Morgan fingerprint density at radius 3 is 2.11 bits per heavy atom. The number of hydrogen-bond donors (Lipinski definition) is 6. The summed E-state index contributed by atoms with van der Waals surface area (Å²) in [5.41, 5.74) is -2.43. The SMILES string of the molecule is CC(C)(O)C1CC[C@@](C)([C@H]2C(O)C[C@@]3(C)[C@@H]4CC[C@H]5C(C)(C)C(O[C@@H]6OC[C@@H](O)[C@H](O)[C@H]6O)CC[C@@]56C[C@@]46CC(O)[C@]23C)O1. The summed E-state index contributed by atoms with van der Waals surface area (Å²) in [6.45, 7) is 14.7. The first-order valence-corrected chi connectivity index (χ1v) is 17.4. The molecular formula is C35H58O9. The summed E-state index contributed by atoms with van der Waals surface area (Å²) < 4.78 is 18.7. The molecule has 0 aromatic rings. The zero-order valence-electron chi connectivity index (χ0n) is 27.8. The van der Waals surface area contributed by atoms with Gasteiger partial charge in [-0.05, 0) is 112 Å². The van der Waals surface area contributed by atoms with Gasteiger partial charge in [0.05, 0.1) is 42.2 Å². The molecule has 7 fully saturated rings. The second-order valence-electron chi connectivity index (χ2n) is 18.2. The average molecular weight is 623 g/mol. The van der Waals surface area contributed by atoms with Gasteiger partial charge >= 0.3 is 0 Å². The number of aliphatic hydroxyl groups excluding tert-OH is 5. The smallest absolute Gasteiger partial charge is 0.186 e. The highest BCUT2D eigenvalue weighted by atomic mass is 16.7. The van der Waals surface area contributed by atoms with E-state index in [1.807, 2.05) is 0 Å². The minimum absolute atomic E-state index is 0.0225. The molecule has 16 atom stereocenters. The van der Waals surface area contributed by atoms with E-state index >= 15 is 0 Å². The van der Waals surface area contributed by atoms with Crippen LogP contribution in [0.4, 0.5) is 0 Å². The van der Waals surface area contributed by atoms with E-state index in [4.69, 9.17) is 14.2 Å². The van der Waals surface area contributed by atoms with Crippen LogP contribution >= 0.6 is 0 Å². The van der Waals surface area contributed by atoms with Crippen molar-refractivity contribution in [2.24, 2.45) is 44.8 Å². The maximum Gasteiger partial charge on any atom is 0.186 e. The van der Waals surface area contributed by atoms with E-state index in [9.17, 15) is 30.6 Å². The molecule has 0 bridgehead atoms. The van der Waals surface area contributed by atoms with Gasteiger partial charge in [-0.2, -0.15) is 0 Å². The van der Waals surface area contributed by atoms with E-state index in [0.29, 0.717) is 18.3 Å². The molecule has 9 nitrogen and oxygen atoms in total. The Labute approximate surface area is 262 Å². The van der Waals surface area contributed by atoms with Gasteiger partial charge in [-0.15, -0.1) is 0 Å². The molecule has 44 heavy (non-hydrogen) atoms. The first kappa shape index (κ1) is 32.2. The second kappa shape index (κ2) is 9.63. The molecule has 7 aliphatic rings. The van der Waals surface area contributed by atoms with Crippen LogP contribution in [0.25, 0.3) is 0 Å². The van der Waals surface area contributed by atoms with E-state index < -0.39 is 53.4 Å². The number of rotatable bonds is 4. The van der Waals surface area contributed by atoms with E-state index in [1.54, 1.807) is 13.8 Å². The summed E-state index contributed by atoms with van der Waals surface area (Å²) in [6, 6.07) is 0. The van der Waals surface area contributed by atoms with Gasteiger partial charge in [0.25, 0.3) is 0 Å². The molecule has 2 saturated heterocycles. The summed E-state index contributed by atoms with van der Waals surface area (Å²) in [5.74, 6) is 0.554. The van der Waals surface area contributed by atoms with Crippen LogP contribution in [0.15, 0.2) is 0 Å². The predicted octanol–water partition coefficient (Wildman–Crippen LogP) is 2.90. The van der Waals surface area contributed by atoms with Crippen LogP contribution in [0.3, 0.4) is 0 Å². The lowest BCUT2D eigenvalue weighted by molar-refractivity contribution is -0.303. The van der Waals surface area contributed by atoms with Gasteiger partial charge in [0.2, 0.25) is 0 Å². The zero-order valence-corrected chi connectivity index (χ0v) is 27.8. The molecule has 0 aromatic heterocycles. The topological polar surface area (TPSA) is 149 Å². The van der Waals surface area contributed by atoms with Gasteiger partial charge in [-0.3, -0.25) is 0 Å². The van der Waals surface area contributed by atoms with Crippen LogP contribution in [0.5, 0.6) is 0 Å². The van der Waals surface area contributed by atoms with Crippen molar-refractivity contribution in [2.45, 2.75) is 166 Å². The van der Waals surface area contributed by atoms with Crippen LogP contribution in [-0.4, -0.2) is 97.5 Å². The van der Waals surface area contributed by atoms with Gasteiger partial charge in [0, 0.05) is 11.3 Å². The molecule has 0 amide bonds. The van der Waals surface area contributed by atoms with Crippen LogP contribution in [0, 0.1) is 44.8 Å². The summed E-state index contributed by atoms with van der Waals surface area (Å²) >= 11 is 0. The fourth-order valence-electron chi connectivity index (χ4n) is 13.4. The molecule has 252 valence electrons. The number of ether oxygens (including phenoxy) is 3. The normalized spacial score (nSPS) is 59.8. The van der Waals surface area contributed by atoms with Gasteiger partial charge in [0.1, 0.15) is 18.3 Å². The highest BCUT2D eigenvalue weighted by molar-refractivity contribution is 5.33. The second-order valence-corrected chi connectivity index (χ2v) is 18.2. The molecule has 0 aromatic carbocycles. The van der Waals surface area contributed by atoms with Crippen LogP contribution in [0.1, 0.15) is 106 Å².